The minimum Gasteiger partial charge on any atom is -0.468 e. The van der Waals surface area contributed by atoms with Gasteiger partial charge in [-0.25, -0.2) is 8.42 Å². The van der Waals surface area contributed by atoms with Gasteiger partial charge in [-0.1, -0.05) is 0 Å². The molecule has 0 aliphatic carbocycles. The van der Waals surface area contributed by atoms with Crippen molar-refractivity contribution in [2.45, 2.75) is 24.8 Å². The normalized spacial score (nSPS) is 11.8. The number of nitrogens with zero attached hydrogens (tertiary/aromatic N) is 1. The summed E-state index contributed by atoms with van der Waals surface area (Å²) in [4.78, 5) is 24.4. The van der Waals surface area contributed by atoms with Crippen LogP contribution in [-0.4, -0.2) is 43.4 Å². The zero-order valence-electron chi connectivity index (χ0n) is 10.9. The molecule has 0 amide bonds. The Morgan fingerprint density at radius 2 is 2.05 bits per heavy atom. The number of H-pyrrole nitrogens is 1. The lowest BCUT2D eigenvalue weighted by atomic mass is 10.4. The first kappa shape index (κ1) is 15.4. The van der Waals surface area contributed by atoms with Crippen molar-refractivity contribution in [3.63, 3.8) is 0 Å². The van der Waals surface area contributed by atoms with Crippen molar-refractivity contribution in [3.05, 3.63) is 28.7 Å². The minimum atomic E-state index is -3.86. The van der Waals surface area contributed by atoms with Gasteiger partial charge in [0.15, 0.2) is 0 Å². The zero-order chi connectivity index (χ0) is 14.6. The van der Waals surface area contributed by atoms with E-state index in [2.05, 4.69) is 9.72 Å². The number of sulfonamides is 1. The Labute approximate surface area is 111 Å². The summed E-state index contributed by atoms with van der Waals surface area (Å²) in [6, 6.07) is 1.89. The molecular weight excluding hydrogens is 272 g/mol. The van der Waals surface area contributed by atoms with Crippen molar-refractivity contribution in [2.75, 3.05) is 13.7 Å². The quantitative estimate of drug-likeness (QED) is 0.766. The van der Waals surface area contributed by atoms with Crippen molar-refractivity contribution in [2.24, 2.45) is 0 Å². The maximum Gasteiger partial charge on any atom is 0.321 e. The van der Waals surface area contributed by atoms with Crippen molar-refractivity contribution in [1.29, 1.82) is 0 Å². The fourth-order valence-electron chi connectivity index (χ4n) is 1.43. The third-order valence-electron chi connectivity index (χ3n) is 2.45. The molecule has 0 saturated carbocycles. The van der Waals surface area contributed by atoms with Crippen LogP contribution in [0.4, 0.5) is 0 Å². The van der Waals surface area contributed by atoms with Crippen LogP contribution in [0.3, 0.4) is 0 Å². The lowest BCUT2D eigenvalue weighted by molar-refractivity contribution is -0.141. The van der Waals surface area contributed by atoms with Gasteiger partial charge in [0.25, 0.3) is 0 Å². The van der Waals surface area contributed by atoms with E-state index in [0.717, 1.165) is 16.6 Å². The molecule has 106 valence electrons. The van der Waals surface area contributed by atoms with Crippen LogP contribution in [0.1, 0.15) is 13.8 Å². The van der Waals surface area contributed by atoms with Crippen LogP contribution in [0.25, 0.3) is 0 Å². The Morgan fingerprint density at radius 3 is 2.47 bits per heavy atom. The van der Waals surface area contributed by atoms with E-state index in [0.29, 0.717) is 0 Å². The smallest absolute Gasteiger partial charge is 0.321 e. The number of carbonyl (C=O) groups is 1. The van der Waals surface area contributed by atoms with Crippen LogP contribution < -0.4 is 5.56 Å². The summed E-state index contributed by atoms with van der Waals surface area (Å²) in [6.45, 7) is 2.91. The Morgan fingerprint density at radius 1 is 1.42 bits per heavy atom. The van der Waals surface area contributed by atoms with Crippen molar-refractivity contribution in [1.82, 2.24) is 9.29 Å². The average molecular weight is 288 g/mol. The van der Waals surface area contributed by atoms with Gasteiger partial charge in [-0.05, 0) is 19.9 Å². The van der Waals surface area contributed by atoms with Gasteiger partial charge in [-0.2, -0.15) is 4.31 Å². The number of hydrogen-bond acceptors (Lipinski definition) is 5. The van der Waals surface area contributed by atoms with Crippen LogP contribution in [0.2, 0.25) is 0 Å². The summed E-state index contributed by atoms with van der Waals surface area (Å²) in [5.41, 5.74) is -0.400. The Hall–Kier alpha value is -1.67. The molecule has 0 saturated heterocycles. The Balaban J connectivity index is 3.16. The summed E-state index contributed by atoms with van der Waals surface area (Å²) >= 11 is 0. The van der Waals surface area contributed by atoms with Gasteiger partial charge >= 0.3 is 5.97 Å². The number of nitrogens with one attached hydrogen (secondary N) is 1. The molecule has 1 N–H and O–H groups in total. The molecule has 1 heterocycles. The molecule has 0 spiro atoms. The summed E-state index contributed by atoms with van der Waals surface area (Å²) in [6.07, 6.45) is 1.10. The second kappa shape index (κ2) is 5.98. The number of aromatic nitrogens is 1. The van der Waals surface area contributed by atoms with Crippen LogP contribution in [0, 0.1) is 0 Å². The number of esters is 1. The second-order valence-corrected chi connectivity index (χ2v) is 6.00. The molecule has 0 bridgehead atoms. The van der Waals surface area contributed by atoms with Crippen LogP contribution in [0.15, 0.2) is 28.0 Å². The molecule has 7 nitrogen and oxygen atoms in total. The molecule has 0 fully saturated rings. The molecule has 8 heteroatoms. The van der Waals surface area contributed by atoms with Crippen molar-refractivity contribution >= 4 is 16.0 Å². The molecule has 0 radical (unpaired) electrons. The minimum absolute atomic E-state index is 0.0790. The molecule has 19 heavy (non-hydrogen) atoms. The molecule has 0 unspecified atom stereocenters. The van der Waals surface area contributed by atoms with Crippen molar-refractivity contribution in [3.8, 4) is 0 Å². The molecule has 1 aromatic rings. The molecule has 0 aliphatic heterocycles. The van der Waals surface area contributed by atoms with E-state index < -0.39 is 27.6 Å². The highest BCUT2D eigenvalue weighted by Crippen LogP contribution is 2.16. The summed E-state index contributed by atoms with van der Waals surface area (Å²) in [7, 11) is -2.67. The highest BCUT2D eigenvalue weighted by Gasteiger charge is 2.29. The zero-order valence-corrected chi connectivity index (χ0v) is 11.7. The average Bonchev–Trinajstić information content (AvgIpc) is 2.35. The first-order chi connectivity index (χ1) is 8.78. The molecular formula is C11H16N2O5S. The van der Waals surface area contributed by atoms with E-state index in [1.807, 2.05) is 0 Å². The van der Waals surface area contributed by atoms with E-state index >= 15 is 0 Å². The van der Waals surface area contributed by atoms with Gasteiger partial charge < -0.3 is 9.72 Å². The lowest BCUT2D eigenvalue weighted by Gasteiger charge is -2.24. The Kier molecular flexibility index (Phi) is 4.84. The summed E-state index contributed by atoms with van der Waals surface area (Å²) in [5.74, 6) is -0.651. The molecule has 0 aromatic carbocycles. The van der Waals surface area contributed by atoms with Crippen molar-refractivity contribution < 1.29 is 17.9 Å². The number of methoxy groups -OCH3 is 1. The van der Waals surface area contributed by atoms with Gasteiger partial charge in [-0.15, -0.1) is 0 Å². The second-order valence-electron chi connectivity index (χ2n) is 4.11. The van der Waals surface area contributed by atoms with Gasteiger partial charge in [0.1, 0.15) is 6.54 Å². The molecule has 0 aliphatic rings. The van der Waals surface area contributed by atoms with E-state index in [4.69, 9.17) is 0 Å². The maximum absolute atomic E-state index is 12.3. The topological polar surface area (TPSA) is 96.5 Å². The van der Waals surface area contributed by atoms with Gasteiger partial charge in [0.2, 0.25) is 15.6 Å². The van der Waals surface area contributed by atoms with E-state index in [-0.39, 0.29) is 11.4 Å². The predicted molar refractivity (Wildman–Crippen MR) is 68.1 cm³/mol. The van der Waals surface area contributed by atoms with Gasteiger partial charge in [0, 0.05) is 18.3 Å². The van der Waals surface area contributed by atoms with Gasteiger partial charge in [-0.3, -0.25) is 9.59 Å². The molecule has 1 rings (SSSR count). The number of carbonyl (C=O) groups excluding carboxylic acids is 1. The number of ether oxygens (including phenoxy) is 1. The van der Waals surface area contributed by atoms with Crippen LogP contribution in [-0.2, 0) is 19.6 Å². The summed E-state index contributed by atoms with van der Waals surface area (Å²) < 4.78 is 30.1. The van der Waals surface area contributed by atoms with E-state index in [1.165, 1.54) is 13.2 Å². The third kappa shape index (κ3) is 3.65. The fourth-order valence-corrected chi connectivity index (χ4v) is 2.98. The van der Waals surface area contributed by atoms with E-state index in [1.54, 1.807) is 13.8 Å². The monoisotopic (exact) mass is 288 g/mol. The highest BCUT2D eigenvalue weighted by atomic mass is 32.2. The number of aromatic amines is 1. The van der Waals surface area contributed by atoms with Gasteiger partial charge in [0.05, 0.1) is 12.0 Å². The predicted octanol–water partition coefficient (Wildman–Crippen LogP) is -0.0530. The number of pyridine rings is 1. The largest absolute Gasteiger partial charge is 0.468 e. The fraction of sp³-hybridized carbons (Fsp3) is 0.455. The first-order valence-corrected chi connectivity index (χ1v) is 7.00. The van der Waals surface area contributed by atoms with Crippen LogP contribution >= 0.6 is 0 Å². The number of hydrogen-bond donors (Lipinski definition) is 1. The lowest BCUT2D eigenvalue weighted by Crippen LogP contribution is -2.41. The standard InChI is InChI=1S/C11H16N2O5S/c1-8(2)13(7-11(15)18-3)19(16,17)9-4-5-10(14)12-6-9/h4-6,8H,7H2,1-3H3,(H,12,14). The summed E-state index contributed by atoms with van der Waals surface area (Å²) in [5, 5.41) is 0. The highest BCUT2D eigenvalue weighted by molar-refractivity contribution is 7.89. The third-order valence-corrected chi connectivity index (χ3v) is 4.47. The Bertz CT molecular complexity index is 585. The molecule has 1 aromatic heterocycles. The van der Waals surface area contributed by atoms with Crippen LogP contribution in [0.5, 0.6) is 0 Å². The first-order valence-electron chi connectivity index (χ1n) is 5.56. The number of rotatable bonds is 5. The SMILES string of the molecule is COC(=O)CN(C(C)C)S(=O)(=O)c1ccc(=O)[nH]c1. The molecule has 0 atom stereocenters. The van der Waals surface area contributed by atoms with E-state index in [9.17, 15) is 18.0 Å². The maximum atomic E-state index is 12.3.